The summed E-state index contributed by atoms with van der Waals surface area (Å²) in [6, 6.07) is 12.0. The second-order valence-corrected chi connectivity index (χ2v) is 6.65. The van der Waals surface area contributed by atoms with Crippen molar-refractivity contribution in [2.24, 2.45) is 0 Å². The van der Waals surface area contributed by atoms with E-state index in [4.69, 9.17) is 15.9 Å². The molecular weight excluding hydrogens is 328 g/mol. The first-order valence-electron chi connectivity index (χ1n) is 8.79. The number of benzene rings is 2. The zero-order valence-electron chi connectivity index (χ0n) is 15.2. The number of ether oxygens (including phenoxy) is 2. The normalized spacial score (nSPS) is 15.9. The Morgan fingerprint density at radius 3 is 2.62 bits per heavy atom. The first kappa shape index (κ1) is 18.2. The number of hydrazine groups is 1. The lowest BCUT2D eigenvalue weighted by atomic mass is 9.98. The van der Waals surface area contributed by atoms with Gasteiger partial charge in [-0.05, 0) is 41.8 Å². The Bertz CT molecular complexity index is 837. The van der Waals surface area contributed by atoms with Gasteiger partial charge in [-0.1, -0.05) is 24.3 Å². The van der Waals surface area contributed by atoms with Crippen molar-refractivity contribution in [2.75, 3.05) is 13.7 Å². The summed E-state index contributed by atoms with van der Waals surface area (Å²) < 4.78 is 10.7. The van der Waals surface area contributed by atoms with Crippen LogP contribution in [0.3, 0.4) is 0 Å². The van der Waals surface area contributed by atoms with Crippen molar-refractivity contribution in [3.05, 3.63) is 42.0 Å². The molecule has 2 aromatic rings. The van der Waals surface area contributed by atoms with Crippen LogP contribution in [0.4, 0.5) is 0 Å². The third kappa shape index (κ3) is 4.16. The highest BCUT2D eigenvalue weighted by Crippen LogP contribution is 2.27. The molecule has 1 atom stereocenters. The van der Waals surface area contributed by atoms with E-state index in [9.17, 15) is 4.79 Å². The lowest BCUT2D eigenvalue weighted by Crippen LogP contribution is -2.21. The SMILES string of the molecule is C#CCCC1(CCOc2ccc3cc([C@H](C)C(=O)OC)ccc3c2)NN1. The Hall–Kier alpha value is -2.55. The minimum atomic E-state index is -0.280. The zero-order valence-corrected chi connectivity index (χ0v) is 15.2. The lowest BCUT2D eigenvalue weighted by Gasteiger charge is -2.13. The third-order valence-electron chi connectivity index (χ3n) is 4.86. The van der Waals surface area contributed by atoms with Gasteiger partial charge in [0.25, 0.3) is 0 Å². The van der Waals surface area contributed by atoms with Crippen LogP contribution in [0.1, 0.15) is 37.7 Å². The van der Waals surface area contributed by atoms with Crippen LogP contribution in [0.5, 0.6) is 5.75 Å². The fraction of sp³-hybridized carbons (Fsp3) is 0.381. The number of hydrogen-bond donors (Lipinski definition) is 2. The number of carbonyl (C=O) groups excluding carboxylic acids is 1. The van der Waals surface area contributed by atoms with Gasteiger partial charge in [0, 0.05) is 12.8 Å². The molecule has 0 unspecified atom stereocenters. The summed E-state index contributed by atoms with van der Waals surface area (Å²) in [5, 5.41) is 2.15. The van der Waals surface area contributed by atoms with Crippen LogP contribution in [0.15, 0.2) is 36.4 Å². The molecule has 1 aliphatic rings. The summed E-state index contributed by atoms with van der Waals surface area (Å²) in [6.45, 7) is 2.45. The van der Waals surface area contributed by atoms with Crippen molar-refractivity contribution in [1.29, 1.82) is 0 Å². The largest absolute Gasteiger partial charge is 0.493 e. The molecular formula is C21H24N2O3. The summed E-state index contributed by atoms with van der Waals surface area (Å²) in [6.07, 6.45) is 7.81. The number of carbonyl (C=O) groups is 1. The van der Waals surface area contributed by atoms with E-state index in [1.165, 1.54) is 7.11 Å². The predicted octanol–water partition coefficient (Wildman–Crippen LogP) is 3.10. The average Bonchev–Trinajstić information content (AvgIpc) is 3.44. The second-order valence-electron chi connectivity index (χ2n) is 6.65. The number of hydrogen-bond acceptors (Lipinski definition) is 5. The van der Waals surface area contributed by atoms with Gasteiger partial charge < -0.3 is 9.47 Å². The van der Waals surface area contributed by atoms with Gasteiger partial charge in [0.05, 0.1) is 25.3 Å². The molecule has 0 aromatic heterocycles. The Kier molecular flexibility index (Phi) is 5.46. The topological polar surface area (TPSA) is 79.4 Å². The molecule has 5 heteroatoms. The highest BCUT2D eigenvalue weighted by molar-refractivity contribution is 5.86. The molecule has 0 radical (unpaired) electrons. The number of rotatable bonds is 8. The maximum atomic E-state index is 11.7. The molecule has 2 aromatic carbocycles. The number of fused-ring (bicyclic) bond motifs is 1. The zero-order chi connectivity index (χ0) is 18.6. The molecule has 0 spiro atoms. The average molecular weight is 352 g/mol. The van der Waals surface area contributed by atoms with Gasteiger partial charge in [-0.25, -0.2) is 10.9 Å². The van der Waals surface area contributed by atoms with Gasteiger partial charge in [0.15, 0.2) is 0 Å². The monoisotopic (exact) mass is 352 g/mol. The molecule has 0 saturated carbocycles. The van der Waals surface area contributed by atoms with Crippen molar-refractivity contribution in [2.45, 2.75) is 37.8 Å². The molecule has 1 heterocycles. The molecule has 1 aliphatic heterocycles. The van der Waals surface area contributed by atoms with Crippen LogP contribution < -0.4 is 15.6 Å². The third-order valence-corrected chi connectivity index (χ3v) is 4.86. The standard InChI is InChI=1S/C21H24N2O3/c1-4-5-10-21(22-23-21)11-12-26-19-9-8-17-13-16(6-7-18(17)14-19)15(2)20(24)25-3/h1,6-9,13-15,22-23H,5,10-12H2,2-3H3/t15-/m0/s1. The van der Waals surface area contributed by atoms with Gasteiger partial charge in [0.1, 0.15) is 5.75 Å². The van der Waals surface area contributed by atoms with Crippen LogP contribution in [0.2, 0.25) is 0 Å². The molecule has 3 rings (SSSR count). The minimum absolute atomic E-state index is 0.0673. The van der Waals surface area contributed by atoms with Gasteiger partial charge >= 0.3 is 5.97 Å². The van der Waals surface area contributed by atoms with E-state index < -0.39 is 0 Å². The van der Waals surface area contributed by atoms with E-state index in [1.54, 1.807) is 0 Å². The molecule has 0 amide bonds. The van der Waals surface area contributed by atoms with Crippen molar-refractivity contribution in [1.82, 2.24) is 10.9 Å². The molecule has 0 aliphatic carbocycles. The fourth-order valence-corrected chi connectivity index (χ4v) is 3.01. The van der Waals surface area contributed by atoms with Crippen molar-refractivity contribution < 1.29 is 14.3 Å². The maximum absolute atomic E-state index is 11.7. The smallest absolute Gasteiger partial charge is 0.312 e. The van der Waals surface area contributed by atoms with Crippen LogP contribution in [0, 0.1) is 12.3 Å². The van der Waals surface area contributed by atoms with Gasteiger partial charge in [-0.15, -0.1) is 12.3 Å². The Morgan fingerprint density at radius 2 is 1.92 bits per heavy atom. The van der Waals surface area contributed by atoms with E-state index in [0.29, 0.717) is 6.61 Å². The van der Waals surface area contributed by atoms with Crippen LogP contribution in [0.25, 0.3) is 10.8 Å². The number of nitrogens with one attached hydrogen (secondary N) is 2. The summed E-state index contributed by atoms with van der Waals surface area (Å²) in [4.78, 5) is 11.7. The number of methoxy groups -OCH3 is 1. The maximum Gasteiger partial charge on any atom is 0.312 e. The van der Waals surface area contributed by atoms with Crippen molar-refractivity contribution >= 4 is 16.7 Å². The van der Waals surface area contributed by atoms with E-state index >= 15 is 0 Å². The first-order chi connectivity index (χ1) is 12.6. The van der Waals surface area contributed by atoms with Crippen LogP contribution in [-0.4, -0.2) is 25.3 Å². The van der Waals surface area contributed by atoms with Gasteiger partial charge in [0.2, 0.25) is 0 Å². The lowest BCUT2D eigenvalue weighted by molar-refractivity contribution is -0.141. The predicted molar refractivity (Wildman–Crippen MR) is 102 cm³/mol. The quantitative estimate of drug-likeness (QED) is 0.433. The summed E-state index contributed by atoms with van der Waals surface area (Å²) >= 11 is 0. The number of terminal acetylenes is 1. The van der Waals surface area contributed by atoms with Gasteiger partial charge in [-0.2, -0.15) is 0 Å². The van der Waals surface area contributed by atoms with Gasteiger partial charge in [-0.3, -0.25) is 4.79 Å². The van der Waals surface area contributed by atoms with Crippen molar-refractivity contribution in [3.8, 4) is 18.1 Å². The molecule has 2 N–H and O–H groups in total. The molecule has 0 bridgehead atoms. The van der Waals surface area contributed by atoms with E-state index in [0.717, 1.165) is 41.3 Å². The molecule has 26 heavy (non-hydrogen) atoms. The molecule has 1 fully saturated rings. The summed E-state index contributed by atoms with van der Waals surface area (Å²) in [5.41, 5.74) is 7.21. The molecule has 136 valence electrons. The van der Waals surface area contributed by atoms with Crippen molar-refractivity contribution in [3.63, 3.8) is 0 Å². The minimum Gasteiger partial charge on any atom is -0.493 e. The van der Waals surface area contributed by atoms with Crippen LogP contribution >= 0.6 is 0 Å². The Morgan fingerprint density at radius 1 is 1.19 bits per heavy atom. The summed E-state index contributed by atoms with van der Waals surface area (Å²) in [5.74, 6) is 2.99. The first-order valence-corrected chi connectivity index (χ1v) is 8.79. The Balaban J connectivity index is 1.63. The highest BCUT2D eigenvalue weighted by Gasteiger charge is 2.40. The van der Waals surface area contributed by atoms with Crippen LogP contribution in [-0.2, 0) is 9.53 Å². The molecule has 5 nitrogen and oxygen atoms in total. The molecule has 1 saturated heterocycles. The van der Waals surface area contributed by atoms with E-state index in [1.807, 2.05) is 43.3 Å². The van der Waals surface area contributed by atoms with E-state index in [-0.39, 0.29) is 17.6 Å². The fourth-order valence-electron chi connectivity index (χ4n) is 3.01. The highest BCUT2D eigenvalue weighted by atomic mass is 16.5. The summed E-state index contributed by atoms with van der Waals surface area (Å²) in [7, 11) is 1.41. The van der Waals surface area contributed by atoms with E-state index in [2.05, 4.69) is 16.8 Å². The number of esters is 1. The second kappa shape index (κ2) is 7.77. The Labute approximate surface area is 154 Å².